The van der Waals surface area contributed by atoms with Crippen molar-refractivity contribution < 1.29 is 13.2 Å². The van der Waals surface area contributed by atoms with Gasteiger partial charge in [-0.2, -0.15) is 0 Å². The zero-order valence-corrected chi connectivity index (χ0v) is 12.5. The van der Waals surface area contributed by atoms with Gasteiger partial charge in [-0.25, -0.2) is 8.42 Å². The first-order valence-electron chi connectivity index (χ1n) is 6.32. The number of sulfone groups is 1. The fraction of sp³-hybridized carbons (Fsp3) is 0.385. The lowest BCUT2D eigenvalue weighted by Gasteiger charge is -2.21. The van der Waals surface area contributed by atoms with Gasteiger partial charge in [-0.1, -0.05) is 18.6 Å². The lowest BCUT2D eigenvalue weighted by molar-refractivity contribution is -0.116. The van der Waals surface area contributed by atoms with Gasteiger partial charge in [-0.3, -0.25) is 4.79 Å². The highest BCUT2D eigenvalue weighted by molar-refractivity contribution is 7.92. The minimum Gasteiger partial charge on any atom is -0.389 e. The molecule has 1 aliphatic rings. The monoisotopic (exact) mass is 312 g/mol. The number of nitrogens with two attached hydrogens (primary N) is 1. The van der Waals surface area contributed by atoms with Crippen LogP contribution in [0.3, 0.4) is 0 Å². The molecule has 7 heteroatoms. The van der Waals surface area contributed by atoms with Crippen LogP contribution in [0.15, 0.2) is 24.3 Å². The summed E-state index contributed by atoms with van der Waals surface area (Å²) in [6.45, 7) is 0. The van der Waals surface area contributed by atoms with Crippen molar-refractivity contribution in [1.82, 2.24) is 0 Å². The topological polar surface area (TPSA) is 89.3 Å². The molecule has 1 aromatic rings. The third kappa shape index (κ3) is 3.34. The van der Waals surface area contributed by atoms with Crippen LogP contribution in [0.4, 0.5) is 5.69 Å². The Kier molecular flexibility index (Phi) is 4.39. The van der Waals surface area contributed by atoms with Gasteiger partial charge in [0.25, 0.3) is 0 Å². The Balaban J connectivity index is 2.09. The van der Waals surface area contributed by atoms with Crippen LogP contribution in [0.1, 0.15) is 24.8 Å². The van der Waals surface area contributed by atoms with Crippen molar-refractivity contribution in [2.75, 3.05) is 11.1 Å². The molecule has 0 aromatic heterocycles. The van der Waals surface area contributed by atoms with Crippen LogP contribution < -0.4 is 11.1 Å². The number of rotatable bonds is 3. The molecular weight excluding hydrogens is 296 g/mol. The number of amides is 1. The van der Waals surface area contributed by atoms with Crippen LogP contribution in [-0.2, 0) is 14.6 Å². The average molecular weight is 312 g/mol. The Hall–Kier alpha value is -1.47. The van der Waals surface area contributed by atoms with Crippen LogP contribution in [0.2, 0.25) is 0 Å². The van der Waals surface area contributed by atoms with Crippen LogP contribution in [0.5, 0.6) is 0 Å². The molecule has 0 bridgehead atoms. The number of carbonyl (C=O) groups excluding carboxylic acids is 1. The highest BCUT2D eigenvalue weighted by Gasteiger charge is 2.34. The van der Waals surface area contributed by atoms with Crippen molar-refractivity contribution >= 4 is 38.6 Å². The SMILES string of the molecule is NC(=S)c1ccc(NC(=O)C2CCCCS2(=O)=O)cc1. The van der Waals surface area contributed by atoms with E-state index in [0.29, 0.717) is 24.1 Å². The van der Waals surface area contributed by atoms with Gasteiger partial charge in [0.15, 0.2) is 9.84 Å². The molecule has 2 rings (SSSR count). The number of hydrogen-bond acceptors (Lipinski definition) is 4. The second-order valence-corrected chi connectivity index (χ2v) is 7.53. The predicted molar refractivity (Wildman–Crippen MR) is 82.4 cm³/mol. The van der Waals surface area contributed by atoms with E-state index < -0.39 is 21.0 Å². The van der Waals surface area contributed by atoms with Crippen molar-refractivity contribution in [2.24, 2.45) is 5.73 Å². The van der Waals surface area contributed by atoms with E-state index in [1.165, 1.54) is 0 Å². The zero-order chi connectivity index (χ0) is 14.8. The molecule has 0 saturated carbocycles. The fourth-order valence-electron chi connectivity index (χ4n) is 2.19. The summed E-state index contributed by atoms with van der Waals surface area (Å²) >= 11 is 4.84. The maximum Gasteiger partial charge on any atom is 0.242 e. The third-order valence-electron chi connectivity index (χ3n) is 3.31. The van der Waals surface area contributed by atoms with Crippen molar-refractivity contribution in [3.63, 3.8) is 0 Å². The summed E-state index contributed by atoms with van der Waals surface area (Å²) in [4.78, 5) is 12.3. The van der Waals surface area contributed by atoms with Gasteiger partial charge in [-0.15, -0.1) is 0 Å². The van der Waals surface area contributed by atoms with Gasteiger partial charge in [0, 0.05) is 11.3 Å². The van der Waals surface area contributed by atoms with Crippen LogP contribution in [-0.4, -0.2) is 30.3 Å². The average Bonchev–Trinajstić information content (AvgIpc) is 2.38. The number of carbonyl (C=O) groups is 1. The Morgan fingerprint density at radius 2 is 1.90 bits per heavy atom. The van der Waals surface area contributed by atoms with Crippen LogP contribution >= 0.6 is 12.2 Å². The number of benzene rings is 1. The molecule has 0 radical (unpaired) electrons. The van der Waals surface area contributed by atoms with E-state index in [0.717, 1.165) is 6.42 Å². The first-order chi connectivity index (χ1) is 9.40. The lowest BCUT2D eigenvalue weighted by atomic mass is 10.1. The summed E-state index contributed by atoms with van der Waals surface area (Å²) < 4.78 is 23.7. The van der Waals surface area contributed by atoms with E-state index in [1.54, 1.807) is 24.3 Å². The van der Waals surface area contributed by atoms with E-state index >= 15 is 0 Å². The molecule has 1 aromatic carbocycles. The molecule has 108 valence electrons. The smallest absolute Gasteiger partial charge is 0.242 e. The standard InChI is InChI=1S/C13H16N2O3S2/c14-12(19)9-4-6-10(7-5-9)15-13(16)11-3-1-2-8-20(11,17)18/h4-7,11H,1-3,8H2,(H2,14,19)(H,15,16). The van der Waals surface area contributed by atoms with Gasteiger partial charge in [0.05, 0.1) is 5.75 Å². The van der Waals surface area contributed by atoms with Gasteiger partial charge in [0.2, 0.25) is 5.91 Å². The van der Waals surface area contributed by atoms with Crippen LogP contribution in [0.25, 0.3) is 0 Å². The van der Waals surface area contributed by atoms with Crippen molar-refractivity contribution in [1.29, 1.82) is 0 Å². The second-order valence-electron chi connectivity index (χ2n) is 4.78. The van der Waals surface area contributed by atoms with Crippen molar-refractivity contribution in [2.45, 2.75) is 24.5 Å². The molecule has 1 saturated heterocycles. The maximum atomic E-state index is 12.1. The van der Waals surface area contributed by atoms with Crippen molar-refractivity contribution in [3.8, 4) is 0 Å². The highest BCUT2D eigenvalue weighted by Crippen LogP contribution is 2.21. The van der Waals surface area contributed by atoms with E-state index in [9.17, 15) is 13.2 Å². The number of thiocarbonyl (C=S) groups is 1. The zero-order valence-electron chi connectivity index (χ0n) is 10.8. The number of nitrogens with one attached hydrogen (secondary N) is 1. The summed E-state index contributed by atoms with van der Waals surface area (Å²) in [6, 6.07) is 6.68. The van der Waals surface area contributed by atoms with Crippen LogP contribution in [0, 0.1) is 0 Å². The van der Waals surface area contributed by atoms with Gasteiger partial charge < -0.3 is 11.1 Å². The summed E-state index contributed by atoms with van der Waals surface area (Å²) in [6.07, 6.45) is 1.78. The molecule has 1 aliphatic heterocycles. The van der Waals surface area contributed by atoms with E-state index in [-0.39, 0.29) is 10.7 Å². The molecule has 3 N–H and O–H groups in total. The molecule has 1 fully saturated rings. The van der Waals surface area contributed by atoms with Gasteiger partial charge in [0.1, 0.15) is 10.2 Å². The minimum absolute atomic E-state index is 0.0888. The Labute approximate surface area is 123 Å². The largest absolute Gasteiger partial charge is 0.389 e. The van der Waals surface area contributed by atoms with Gasteiger partial charge >= 0.3 is 0 Å². The first-order valence-corrected chi connectivity index (χ1v) is 8.45. The quantitative estimate of drug-likeness (QED) is 0.819. The summed E-state index contributed by atoms with van der Waals surface area (Å²) in [5.41, 5.74) is 6.72. The molecule has 5 nitrogen and oxygen atoms in total. The number of hydrogen-bond donors (Lipinski definition) is 2. The predicted octanol–water partition coefficient (Wildman–Crippen LogP) is 1.23. The third-order valence-corrected chi connectivity index (χ3v) is 5.72. The molecule has 1 unspecified atom stereocenters. The molecule has 0 spiro atoms. The molecule has 1 amide bonds. The van der Waals surface area contributed by atoms with Gasteiger partial charge in [-0.05, 0) is 37.1 Å². The van der Waals surface area contributed by atoms with E-state index in [4.69, 9.17) is 18.0 Å². The molecule has 20 heavy (non-hydrogen) atoms. The van der Waals surface area contributed by atoms with Crippen molar-refractivity contribution in [3.05, 3.63) is 29.8 Å². The van der Waals surface area contributed by atoms with E-state index in [2.05, 4.69) is 5.32 Å². The first kappa shape index (κ1) is 14.9. The maximum absolute atomic E-state index is 12.1. The lowest BCUT2D eigenvalue weighted by Crippen LogP contribution is -2.39. The fourth-order valence-corrected chi connectivity index (χ4v) is 4.13. The molecule has 1 heterocycles. The molecule has 0 aliphatic carbocycles. The Bertz CT molecular complexity index is 624. The molecular formula is C13H16N2O3S2. The number of anilines is 1. The second kappa shape index (κ2) is 5.88. The minimum atomic E-state index is -3.32. The normalized spacial score (nSPS) is 21.1. The summed E-state index contributed by atoms with van der Waals surface area (Å²) in [5, 5.41) is 1.69. The van der Waals surface area contributed by atoms with E-state index in [1.807, 2.05) is 0 Å². The highest BCUT2D eigenvalue weighted by atomic mass is 32.2. The molecule has 1 atom stereocenters. The summed E-state index contributed by atoms with van der Waals surface area (Å²) in [5.74, 6) is -0.376. The Morgan fingerprint density at radius 3 is 2.45 bits per heavy atom. The Morgan fingerprint density at radius 1 is 1.25 bits per heavy atom. The summed E-state index contributed by atoms with van der Waals surface area (Å²) in [7, 11) is -3.32.